The van der Waals surface area contributed by atoms with Crippen molar-refractivity contribution in [2.24, 2.45) is 0 Å². The fourth-order valence-electron chi connectivity index (χ4n) is 4.00. The van der Waals surface area contributed by atoms with Gasteiger partial charge in [-0.15, -0.1) is 0 Å². The van der Waals surface area contributed by atoms with Crippen LogP contribution in [0.3, 0.4) is 0 Å². The van der Waals surface area contributed by atoms with Gasteiger partial charge in [-0.05, 0) is 49.2 Å². The SMILES string of the molecule is CN(c1nc2ccccc2s1)C1CCN(C[C@@H](O)COc2ccc(F)cc2)CC1.O=C(O)C(O)C(O)C(=O)O. The topological polar surface area (TPSA) is 164 Å². The highest BCUT2D eigenvalue weighted by Crippen LogP contribution is 2.30. The normalized spacial score (nSPS) is 16.5. The molecule has 3 aromatic rings. The zero-order chi connectivity index (χ0) is 28.5. The van der Waals surface area contributed by atoms with Crippen molar-refractivity contribution < 1.29 is 44.2 Å². The number of nitrogens with zero attached hydrogens (tertiary/aromatic N) is 3. The Bertz CT molecular complexity index is 1170. The number of aliphatic hydroxyl groups is 3. The van der Waals surface area contributed by atoms with E-state index in [1.807, 2.05) is 12.1 Å². The lowest BCUT2D eigenvalue weighted by atomic mass is 10.0. The maximum atomic E-state index is 12.9. The molecule has 0 spiro atoms. The smallest absolute Gasteiger partial charge is 0.335 e. The molecule has 39 heavy (non-hydrogen) atoms. The second kappa shape index (κ2) is 14.1. The highest BCUT2D eigenvalue weighted by molar-refractivity contribution is 7.22. The molecule has 0 saturated carbocycles. The number of ether oxygens (including phenoxy) is 1. The zero-order valence-corrected chi connectivity index (χ0v) is 22.1. The number of anilines is 1. The third-order valence-electron chi connectivity index (χ3n) is 6.22. The molecule has 2 aromatic carbocycles. The van der Waals surface area contributed by atoms with E-state index in [1.165, 1.54) is 16.8 Å². The summed E-state index contributed by atoms with van der Waals surface area (Å²) >= 11 is 1.74. The average molecular weight is 566 g/mol. The van der Waals surface area contributed by atoms with Gasteiger partial charge in [0.05, 0.1) is 10.2 Å². The van der Waals surface area contributed by atoms with Crippen molar-refractivity contribution in [3.8, 4) is 5.75 Å². The molecule has 1 aliphatic rings. The number of carbonyl (C=O) groups is 2. The number of para-hydroxylation sites is 1. The van der Waals surface area contributed by atoms with E-state index in [-0.39, 0.29) is 12.4 Å². The Morgan fingerprint density at radius 1 is 1.05 bits per heavy atom. The Labute approximate surface area is 228 Å². The number of β-amino-alcohol motifs (C(OH)–C–C–N with tert-alkyl or cyclic N) is 1. The lowest BCUT2D eigenvalue weighted by Gasteiger charge is -2.37. The summed E-state index contributed by atoms with van der Waals surface area (Å²) in [7, 11) is 2.13. The number of carboxylic acid groups (broad SMARTS) is 2. The first kappa shape index (κ1) is 30.2. The molecule has 1 saturated heterocycles. The van der Waals surface area contributed by atoms with Crippen LogP contribution in [0.1, 0.15) is 12.8 Å². The first-order valence-electron chi connectivity index (χ1n) is 12.2. The van der Waals surface area contributed by atoms with Gasteiger partial charge in [-0.2, -0.15) is 0 Å². The number of carboxylic acids is 2. The highest BCUT2D eigenvalue weighted by Gasteiger charge is 2.29. The minimum absolute atomic E-state index is 0.206. The molecular formula is C26H32FN3O8S. The summed E-state index contributed by atoms with van der Waals surface area (Å²) in [6.07, 6.45) is -3.02. The molecule has 212 valence electrons. The van der Waals surface area contributed by atoms with Gasteiger partial charge >= 0.3 is 11.9 Å². The fourth-order valence-corrected chi connectivity index (χ4v) is 5.00. The number of thiazole rings is 1. The molecule has 2 unspecified atom stereocenters. The van der Waals surface area contributed by atoms with Crippen LogP contribution in [0.2, 0.25) is 0 Å². The summed E-state index contributed by atoms with van der Waals surface area (Å²) in [5.74, 6) is -3.26. The number of aliphatic carboxylic acids is 2. The molecule has 2 heterocycles. The molecule has 0 aliphatic carbocycles. The van der Waals surface area contributed by atoms with Crippen molar-refractivity contribution in [2.45, 2.75) is 37.2 Å². The number of hydrogen-bond acceptors (Lipinski definition) is 10. The van der Waals surface area contributed by atoms with E-state index >= 15 is 0 Å². The van der Waals surface area contributed by atoms with Crippen molar-refractivity contribution in [3.05, 3.63) is 54.3 Å². The standard InChI is InChI=1S/C22H26FN3O2S.C4H6O6/c1-25(22-24-20-4-2-3-5-21(20)29-22)17-10-12-26(13-11-17)14-18(27)15-28-19-8-6-16(23)7-9-19;5-1(3(7)8)2(6)4(9)10/h2-9,17-18,27H,10-15H2,1H3;1-2,5-6H,(H,7,8)(H,9,10)/t18-;/m1./s1. The van der Waals surface area contributed by atoms with Crippen LogP contribution in [0.5, 0.6) is 5.75 Å². The number of hydrogen-bond donors (Lipinski definition) is 5. The van der Waals surface area contributed by atoms with E-state index in [0.717, 1.165) is 36.6 Å². The Morgan fingerprint density at radius 3 is 2.21 bits per heavy atom. The van der Waals surface area contributed by atoms with Crippen LogP contribution in [0.15, 0.2) is 48.5 Å². The monoisotopic (exact) mass is 565 g/mol. The maximum absolute atomic E-state index is 12.9. The van der Waals surface area contributed by atoms with Crippen LogP contribution in [-0.2, 0) is 9.59 Å². The second-order valence-corrected chi connectivity index (χ2v) is 10.1. The van der Waals surface area contributed by atoms with E-state index < -0.39 is 30.3 Å². The number of aromatic nitrogens is 1. The van der Waals surface area contributed by atoms with Gasteiger partial charge in [0.1, 0.15) is 24.3 Å². The summed E-state index contributed by atoms with van der Waals surface area (Å²) in [4.78, 5) is 28.9. The van der Waals surface area contributed by atoms with Crippen molar-refractivity contribution in [1.82, 2.24) is 9.88 Å². The van der Waals surface area contributed by atoms with Crippen LogP contribution >= 0.6 is 11.3 Å². The number of piperidine rings is 1. The highest BCUT2D eigenvalue weighted by atomic mass is 32.1. The van der Waals surface area contributed by atoms with Gasteiger partial charge in [0.15, 0.2) is 17.3 Å². The van der Waals surface area contributed by atoms with Gasteiger partial charge in [-0.1, -0.05) is 23.5 Å². The summed E-state index contributed by atoms with van der Waals surface area (Å²) in [5.41, 5.74) is 1.06. The Kier molecular flexibility index (Phi) is 10.9. The molecule has 4 rings (SSSR count). The minimum Gasteiger partial charge on any atom is -0.491 e. The lowest BCUT2D eigenvalue weighted by Crippen LogP contribution is -2.46. The molecule has 0 bridgehead atoms. The summed E-state index contributed by atoms with van der Waals surface area (Å²) < 4.78 is 19.7. The molecule has 1 aromatic heterocycles. The van der Waals surface area contributed by atoms with Crippen LogP contribution in [-0.4, -0.2) is 105 Å². The van der Waals surface area contributed by atoms with Crippen LogP contribution in [0.4, 0.5) is 9.52 Å². The van der Waals surface area contributed by atoms with Crippen LogP contribution < -0.4 is 9.64 Å². The quantitative estimate of drug-likeness (QED) is 0.243. The summed E-state index contributed by atoms with van der Waals surface area (Å²) in [5, 5.41) is 43.9. The first-order valence-corrected chi connectivity index (χ1v) is 13.1. The Morgan fingerprint density at radius 2 is 1.64 bits per heavy atom. The fraction of sp³-hybridized carbons (Fsp3) is 0.423. The first-order chi connectivity index (χ1) is 18.5. The van der Waals surface area contributed by atoms with Crippen molar-refractivity contribution in [3.63, 3.8) is 0 Å². The summed E-state index contributed by atoms with van der Waals surface area (Å²) in [6.45, 7) is 2.66. The van der Waals surface area contributed by atoms with E-state index in [1.54, 1.807) is 23.5 Å². The largest absolute Gasteiger partial charge is 0.491 e. The molecule has 0 radical (unpaired) electrons. The van der Waals surface area contributed by atoms with E-state index in [2.05, 4.69) is 29.0 Å². The lowest BCUT2D eigenvalue weighted by molar-refractivity contribution is -0.165. The number of benzene rings is 2. The molecule has 1 aliphatic heterocycles. The number of rotatable bonds is 10. The van der Waals surface area contributed by atoms with Crippen molar-refractivity contribution in [2.75, 3.05) is 38.2 Å². The average Bonchev–Trinajstić information content (AvgIpc) is 3.36. The molecule has 0 amide bonds. The number of fused-ring (bicyclic) bond motifs is 1. The van der Waals surface area contributed by atoms with E-state index in [0.29, 0.717) is 18.3 Å². The molecule has 13 heteroatoms. The third-order valence-corrected chi connectivity index (χ3v) is 7.35. The van der Waals surface area contributed by atoms with Gasteiger partial charge in [0.25, 0.3) is 0 Å². The van der Waals surface area contributed by atoms with Gasteiger partial charge in [-0.25, -0.2) is 19.0 Å². The summed E-state index contributed by atoms with van der Waals surface area (Å²) in [6, 6.07) is 14.6. The predicted molar refractivity (Wildman–Crippen MR) is 143 cm³/mol. The minimum atomic E-state index is -2.27. The molecule has 5 N–H and O–H groups in total. The second-order valence-electron chi connectivity index (χ2n) is 9.09. The molecule has 11 nitrogen and oxygen atoms in total. The van der Waals surface area contributed by atoms with E-state index in [9.17, 15) is 19.1 Å². The van der Waals surface area contributed by atoms with Crippen molar-refractivity contribution >= 4 is 38.6 Å². The zero-order valence-electron chi connectivity index (χ0n) is 21.3. The van der Waals surface area contributed by atoms with Gasteiger partial charge in [0.2, 0.25) is 0 Å². The molecule has 1 fully saturated rings. The maximum Gasteiger partial charge on any atom is 0.335 e. The number of likely N-dealkylation sites (tertiary alicyclic amines) is 1. The van der Waals surface area contributed by atoms with Gasteiger partial charge < -0.3 is 40.1 Å². The van der Waals surface area contributed by atoms with Crippen molar-refractivity contribution in [1.29, 1.82) is 0 Å². The van der Waals surface area contributed by atoms with Crippen LogP contribution in [0, 0.1) is 5.82 Å². The number of aliphatic hydroxyl groups excluding tert-OH is 3. The van der Waals surface area contributed by atoms with Gasteiger partial charge in [-0.3, -0.25) is 0 Å². The van der Waals surface area contributed by atoms with E-state index in [4.69, 9.17) is 30.1 Å². The predicted octanol–water partition coefficient (Wildman–Crippen LogP) is 1.65. The third kappa shape index (κ3) is 8.83. The molecular weight excluding hydrogens is 533 g/mol. The molecule has 3 atom stereocenters. The number of halogens is 1. The Balaban J connectivity index is 0.000000360. The van der Waals surface area contributed by atoms with Gasteiger partial charge in [0, 0.05) is 32.7 Å². The Hall–Kier alpha value is -3.36. The van der Waals surface area contributed by atoms with Crippen LogP contribution in [0.25, 0.3) is 10.2 Å².